The largest absolute Gasteiger partial charge is 0.366 e. The molecule has 138 valence electrons. The van der Waals surface area contributed by atoms with E-state index in [1.165, 1.54) is 11.1 Å². The van der Waals surface area contributed by atoms with Crippen molar-refractivity contribution in [1.82, 2.24) is 15.5 Å². The van der Waals surface area contributed by atoms with Gasteiger partial charge >= 0.3 is 0 Å². The van der Waals surface area contributed by atoms with Crippen LogP contribution in [-0.2, 0) is 16.0 Å². The summed E-state index contributed by atoms with van der Waals surface area (Å²) < 4.78 is 5.48. The molecule has 0 saturated carbocycles. The first-order valence-corrected chi connectivity index (χ1v) is 7.97. The monoisotopic (exact) mass is 377 g/mol. The first-order chi connectivity index (χ1) is 10.6. The summed E-state index contributed by atoms with van der Waals surface area (Å²) >= 11 is 0. The van der Waals surface area contributed by atoms with E-state index in [4.69, 9.17) is 4.74 Å². The molecule has 2 rings (SSSR count). The lowest BCUT2D eigenvalue weighted by Crippen LogP contribution is -2.49. The molecule has 0 spiro atoms. The fourth-order valence-electron chi connectivity index (χ4n) is 2.62. The van der Waals surface area contributed by atoms with E-state index in [0.29, 0.717) is 19.7 Å². The van der Waals surface area contributed by atoms with Gasteiger partial charge in [0.25, 0.3) is 5.91 Å². The number of carbonyl (C=O) groups is 1. The van der Waals surface area contributed by atoms with Gasteiger partial charge in [-0.15, -0.1) is 24.8 Å². The molecule has 1 amide bonds. The van der Waals surface area contributed by atoms with Crippen LogP contribution in [0.3, 0.4) is 0 Å². The number of ether oxygens (including phenoxy) is 1. The Kier molecular flexibility index (Phi) is 11.2. The smallest absolute Gasteiger partial charge is 0.250 e. The van der Waals surface area contributed by atoms with Gasteiger partial charge in [-0.2, -0.15) is 0 Å². The highest BCUT2D eigenvalue weighted by molar-refractivity contribution is 5.85. The van der Waals surface area contributed by atoms with Gasteiger partial charge in [0.1, 0.15) is 6.10 Å². The van der Waals surface area contributed by atoms with Gasteiger partial charge < -0.3 is 20.3 Å². The molecule has 2 atom stereocenters. The van der Waals surface area contributed by atoms with Gasteiger partial charge in [0.15, 0.2) is 0 Å². The van der Waals surface area contributed by atoms with Crippen molar-refractivity contribution in [3.05, 3.63) is 35.4 Å². The van der Waals surface area contributed by atoms with Crippen LogP contribution in [0, 0.1) is 0 Å². The van der Waals surface area contributed by atoms with Crippen molar-refractivity contribution in [1.29, 1.82) is 0 Å². The van der Waals surface area contributed by atoms with Gasteiger partial charge in [-0.25, -0.2) is 0 Å². The van der Waals surface area contributed by atoms with E-state index in [0.717, 1.165) is 13.0 Å². The number of likely N-dealkylation sites (N-methyl/N-ethyl adjacent to an activating group) is 1. The van der Waals surface area contributed by atoms with Gasteiger partial charge in [0, 0.05) is 19.6 Å². The first kappa shape index (κ1) is 23.1. The summed E-state index contributed by atoms with van der Waals surface area (Å²) in [6.45, 7) is 4.72. The van der Waals surface area contributed by atoms with Crippen molar-refractivity contribution in [3.63, 3.8) is 0 Å². The van der Waals surface area contributed by atoms with Gasteiger partial charge in [0.05, 0.1) is 12.6 Å². The van der Waals surface area contributed by atoms with Crippen molar-refractivity contribution < 1.29 is 9.53 Å². The topological polar surface area (TPSA) is 53.6 Å². The number of carbonyl (C=O) groups excluding carboxylic acids is 1. The van der Waals surface area contributed by atoms with Crippen molar-refractivity contribution in [2.45, 2.75) is 25.5 Å². The molecule has 0 aliphatic carbocycles. The Labute approximate surface area is 157 Å². The zero-order chi connectivity index (χ0) is 15.9. The molecule has 1 fully saturated rings. The Balaban J connectivity index is 0.00000264. The molecule has 2 N–H and O–H groups in total. The molecule has 2 unspecified atom stereocenters. The fraction of sp³-hybridized carbons (Fsp3) is 0.588. The molecule has 1 aliphatic heterocycles. The minimum Gasteiger partial charge on any atom is -0.366 e. The van der Waals surface area contributed by atoms with Crippen LogP contribution < -0.4 is 10.6 Å². The van der Waals surface area contributed by atoms with Crippen LogP contribution in [0.5, 0.6) is 0 Å². The lowest BCUT2D eigenvalue weighted by atomic mass is 10.0. The molecule has 1 aromatic rings. The number of morpholine rings is 1. The van der Waals surface area contributed by atoms with E-state index in [1.54, 1.807) is 0 Å². The van der Waals surface area contributed by atoms with Crippen LogP contribution in [0.1, 0.15) is 24.1 Å². The molecular weight excluding hydrogens is 349 g/mol. The molecule has 24 heavy (non-hydrogen) atoms. The Morgan fingerprint density at radius 2 is 2.00 bits per heavy atom. The number of benzene rings is 1. The Morgan fingerprint density at radius 1 is 1.33 bits per heavy atom. The number of hydrogen-bond acceptors (Lipinski definition) is 4. The lowest BCUT2D eigenvalue weighted by Gasteiger charge is -2.27. The maximum absolute atomic E-state index is 12.2. The maximum atomic E-state index is 12.2. The Hall–Kier alpha value is -0.850. The minimum absolute atomic E-state index is 0. The highest BCUT2D eigenvalue weighted by Crippen LogP contribution is 2.18. The fourth-order valence-corrected chi connectivity index (χ4v) is 2.62. The van der Waals surface area contributed by atoms with Crippen molar-refractivity contribution in [2.75, 3.05) is 40.3 Å². The van der Waals surface area contributed by atoms with Crippen LogP contribution in [0.4, 0.5) is 0 Å². The third-order valence-corrected chi connectivity index (χ3v) is 4.09. The zero-order valence-electron chi connectivity index (χ0n) is 14.6. The molecule has 1 aliphatic rings. The normalized spacial score (nSPS) is 18.2. The third kappa shape index (κ3) is 6.57. The average molecular weight is 378 g/mol. The van der Waals surface area contributed by atoms with Crippen molar-refractivity contribution >= 4 is 30.7 Å². The summed E-state index contributed by atoms with van der Waals surface area (Å²) in [5, 5.41) is 6.19. The predicted octanol–water partition coefficient (Wildman–Crippen LogP) is 1.80. The van der Waals surface area contributed by atoms with E-state index < -0.39 is 0 Å². The number of aryl methyl sites for hydroxylation is 1. The lowest BCUT2D eigenvalue weighted by molar-refractivity contribution is -0.134. The van der Waals surface area contributed by atoms with E-state index in [1.807, 2.05) is 14.1 Å². The maximum Gasteiger partial charge on any atom is 0.250 e. The highest BCUT2D eigenvalue weighted by atomic mass is 35.5. The molecule has 1 saturated heterocycles. The highest BCUT2D eigenvalue weighted by Gasteiger charge is 2.23. The summed E-state index contributed by atoms with van der Waals surface area (Å²) in [6.07, 6.45) is 0.661. The molecule has 0 aromatic heterocycles. The van der Waals surface area contributed by atoms with Crippen LogP contribution in [-0.4, -0.2) is 57.2 Å². The average Bonchev–Trinajstić information content (AvgIpc) is 2.56. The van der Waals surface area contributed by atoms with E-state index in [2.05, 4.69) is 46.7 Å². The van der Waals surface area contributed by atoms with Gasteiger partial charge in [-0.1, -0.05) is 31.2 Å². The molecule has 0 bridgehead atoms. The number of nitrogens with zero attached hydrogens (tertiary/aromatic N) is 1. The second-order valence-electron chi connectivity index (χ2n) is 5.88. The van der Waals surface area contributed by atoms with Crippen LogP contribution in [0.15, 0.2) is 24.3 Å². The summed E-state index contributed by atoms with van der Waals surface area (Å²) in [5.41, 5.74) is 2.54. The van der Waals surface area contributed by atoms with Gasteiger partial charge in [0.2, 0.25) is 0 Å². The zero-order valence-corrected chi connectivity index (χ0v) is 16.2. The Bertz CT molecular complexity index is 477. The van der Waals surface area contributed by atoms with Crippen LogP contribution >= 0.6 is 24.8 Å². The quantitative estimate of drug-likeness (QED) is 0.793. The Morgan fingerprint density at radius 3 is 2.50 bits per heavy atom. The summed E-state index contributed by atoms with van der Waals surface area (Å²) in [5.74, 6) is -0.0378. The molecular formula is C17H29Cl2N3O2. The second-order valence-corrected chi connectivity index (χ2v) is 5.88. The van der Waals surface area contributed by atoms with Gasteiger partial charge in [-0.3, -0.25) is 4.79 Å². The van der Waals surface area contributed by atoms with Crippen molar-refractivity contribution in [3.8, 4) is 0 Å². The van der Waals surface area contributed by atoms with E-state index in [9.17, 15) is 4.79 Å². The summed E-state index contributed by atoms with van der Waals surface area (Å²) in [4.78, 5) is 14.3. The number of hydrogen-bond donors (Lipinski definition) is 2. The third-order valence-electron chi connectivity index (χ3n) is 4.09. The van der Waals surface area contributed by atoms with Crippen LogP contribution in [0.2, 0.25) is 0 Å². The standard InChI is InChI=1S/C17H27N3O2.2ClH/c1-4-13-5-7-14(8-6-13)15(20(2)3)11-19-17(21)16-12-18-9-10-22-16;;/h5-8,15-16,18H,4,9-12H2,1-3H3,(H,19,21);2*1H. The van der Waals surface area contributed by atoms with E-state index in [-0.39, 0.29) is 42.9 Å². The second kappa shape index (κ2) is 11.7. The molecule has 1 heterocycles. The summed E-state index contributed by atoms with van der Waals surface area (Å²) in [6, 6.07) is 8.76. The van der Waals surface area contributed by atoms with Crippen LogP contribution in [0.25, 0.3) is 0 Å². The molecule has 7 heteroatoms. The SMILES string of the molecule is CCc1ccc(C(CNC(=O)C2CNCCO2)N(C)C)cc1.Cl.Cl. The van der Waals surface area contributed by atoms with Gasteiger partial charge in [-0.05, 0) is 31.6 Å². The molecule has 1 aromatic carbocycles. The van der Waals surface area contributed by atoms with E-state index >= 15 is 0 Å². The molecule has 0 radical (unpaired) electrons. The number of rotatable bonds is 6. The number of nitrogens with one attached hydrogen (secondary N) is 2. The minimum atomic E-state index is -0.376. The number of halogens is 2. The number of amides is 1. The van der Waals surface area contributed by atoms with Crippen molar-refractivity contribution in [2.24, 2.45) is 0 Å². The first-order valence-electron chi connectivity index (χ1n) is 7.97. The summed E-state index contributed by atoms with van der Waals surface area (Å²) in [7, 11) is 4.06. The predicted molar refractivity (Wildman–Crippen MR) is 102 cm³/mol. The molecule has 5 nitrogen and oxygen atoms in total.